The predicted octanol–water partition coefficient (Wildman–Crippen LogP) is 7.97. The van der Waals surface area contributed by atoms with E-state index in [-0.39, 0.29) is 18.7 Å². The van der Waals surface area contributed by atoms with E-state index < -0.39 is 0 Å². The summed E-state index contributed by atoms with van der Waals surface area (Å²) in [5.41, 5.74) is 10.3. The molecule has 308 valence electrons. The summed E-state index contributed by atoms with van der Waals surface area (Å²) in [5, 5.41) is 10.9. The zero-order valence-electron chi connectivity index (χ0n) is 35.0. The van der Waals surface area contributed by atoms with E-state index in [0.717, 1.165) is 93.1 Å². The fraction of sp³-hybridized carbons (Fsp3) is 0.388. The number of fused-ring (bicyclic) bond motifs is 2. The molecule has 10 heteroatoms. The number of likely N-dealkylation sites (N-methyl/N-ethyl adjacent to an activating group) is 2. The van der Waals surface area contributed by atoms with Gasteiger partial charge in [0.2, 0.25) is 5.75 Å². The van der Waals surface area contributed by atoms with Crippen LogP contribution in [0.5, 0.6) is 40.2 Å². The molecule has 0 aromatic heterocycles. The number of nitrogens with zero attached hydrogens (tertiary/aromatic N) is 4. The fourth-order valence-corrected chi connectivity index (χ4v) is 9.75. The first-order valence-electron chi connectivity index (χ1n) is 21.0. The van der Waals surface area contributed by atoms with E-state index in [1.165, 1.54) is 27.9 Å². The Kier molecular flexibility index (Phi) is 11.1. The van der Waals surface area contributed by atoms with Crippen molar-refractivity contribution in [2.45, 2.75) is 50.9 Å². The van der Waals surface area contributed by atoms with E-state index in [0.29, 0.717) is 40.9 Å². The van der Waals surface area contributed by atoms with Gasteiger partial charge in [-0.1, -0.05) is 36.4 Å². The molecule has 5 aliphatic heterocycles. The quantitative estimate of drug-likeness (QED) is 0.175. The monoisotopic (exact) mass is 796 g/mol. The third-order valence-corrected chi connectivity index (χ3v) is 13.1. The summed E-state index contributed by atoms with van der Waals surface area (Å²) >= 11 is 0. The summed E-state index contributed by atoms with van der Waals surface area (Å²) in [6.07, 6.45) is 3.23. The smallest absolute Gasteiger partial charge is 0.204 e. The number of para-hydroxylation sites is 1. The predicted molar refractivity (Wildman–Crippen MR) is 231 cm³/mol. The van der Waals surface area contributed by atoms with Crippen LogP contribution in [0.25, 0.3) is 0 Å². The summed E-state index contributed by atoms with van der Waals surface area (Å²) in [7, 11) is 9.53. The largest absolute Gasteiger partial charge is 0.493 e. The lowest BCUT2D eigenvalue weighted by atomic mass is 9.84. The van der Waals surface area contributed by atoms with Crippen molar-refractivity contribution in [3.05, 3.63) is 129 Å². The van der Waals surface area contributed by atoms with Crippen molar-refractivity contribution in [2.75, 3.05) is 79.6 Å². The van der Waals surface area contributed by atoms with E-state index in [1.807, 2.05) is 6.07 Å². The number of methoxy groups -OCH3 is 3. The Labute approximate surface area is 348 Å². The van der Waals surface area contributed by atoms with E-state index in [2.05, 4.69) is 113 Å². The molecule has 0 amide bonds. The number of aliphatic hydroxyl groups is 1. The molecule has 5 aromatic rings. The number of rotatable bonds is 7. The molecule has 1 N–H and O–H groups in total. The number of aliphatic hydroxyl groups excluding tert-OH is 1. The Bertz CT molecular complexity index is 2290. The summed E-state index contributed by atoms with van der Waals surface area (Å²) in [6, 6.07) is 29.7. The highest BCUT2D eigenvalue weighted by Gasteiger charge is 2.38. The third kappa shape index (κ3) is 7.59. The van der Waals surface area contributed by atoms with Crippen molar-refractivity contribution >= 4 is 5.69 Å². The van der Waals surface area contributed by atoms with Crippen LogP contribution in [0.3, 0.4) is 0 Å². The molecule has 0 radical (unpaired) electrons. The number of hydrogen-bond donors (Lipinski definition) is 1. The van der Waals surface area contributed by atoms with Gasteiger partial charge in [0.25, 0.3) is 0 Å². The van der Waals surface area contributed by atoms with Crippen LogP contribution in [0.15, 0.2) is 84.9 Å². The van der Waals surface area contributed by atoms with Crippen LogP contribution in [0.2, 0.25) is 0 Å². The third-order valence-electron chi connectivity index (χ3n) is 13.1. The van der Waals surface area contributed by atoms with Crippen molar-refractivity contribution in [1.82, 2.24) is 14.7 Å². The molecule has 0 aliphatic carbocycles. The lowest BCUT2D eigenvalue weighted by molar-refractivity contribution is 0.213. The molecule has 10 rings (SSSR count). The molecule has 0 unspecified atom stereocenters. The van der Waals surface area contributed by atoms with Crippen molar-refractivity contribution in [3.63, 3.8) is 0 Å². The topological polar surface area (TPSA) is 79.3 Å². The van der Waals surface area contributed by atoms with E-state index in [4.69, 9.17) is 23.7 Å². The maximum absolute atomic E-state index is 10.9. The lowest BCUT2D eigenvalue weighted by Crippen LogP contribution is -2.46. The van der Waals surface area contributed by atoms with Crippen molar-refractivity contribution in [2.24, 2.45) is 0 Å². The molecule has 5 aromatic carbocycles. The van der Waals surface area contributed by atoms with Crippen molar-refractivity contribution < 1.29 is 28.8 Å². The normalized spacial score (nSPS) is 19.5. The first-order chi connectivity index (χ1) is 28.8. The van der Waals surface area contributed by atoms with Gasteiger partial charge in [-0.3, -0.25) is 14.7 Å². The van der Waals surface area contributed by atoms with E-state index >= 15 is 0 Å². The average molecular weight is 797 g/mol. The Morgan fingerprint density at radius 3 is 2.12 bits per heavy atom. The fourth-order valence-electron chi connectivity index (χ4n) is 9.75. The van der Waals surface area contributed by atoms with E-state index in [1.54, 1.807) is 21.3 Å². The number of anilines is 1. The van der Waals surface area contributed by atoms with Gasteiger partial charge in [0, 0.05) is 80.3 Å². The van der Waals surface area contributed by atoms with Crippen molar-refractivity contribution in [1.29, 1.82) is 0 Å². The second kappa shape index (κ2) is 16.8. The molecular weight excluding hydrogens is 741 g/mol. The van der Waals surface area contributed by atoms with Crippen LogP contribution >= 0.6 is 0 Å². The minimum absolute atomic E-state index is 0.0734. The first-order valence-corrected chi connectivity index (χ1v) is 21.0. The van der Waals surface area contributed by atoms with Crippen LogP contribution in [-0.4, -0.2) is 94.5 Å². The molecule has 1 fully saturated rings. The molecule has 2 atom stereocenters. The SMILES string of the molecule is COc1ccc2cc1Oc1ccc(cc1)C[C@H]1c3cc(c(CO)cc3CCN1C)Oc1c(OC)c(OC)c(CN3CCN(c4ccccc4)CC3)c3c1[C@H](C2)N(C)CC3. The summed E-state index contributed by atoms with van der Waals surface area (Å²) in [6.45, 7) is 6.13. The Morgan fingerprint density at radius 2 is 1.39 bits per heavy atom. The van der Waals surface area contributed by atoms with Gasteiger partial charge in [0.15, 0.2) is 23.0 Å². The van der Waals surface area contributed by atoms with Crippen LogP contribution < -0.4 is 28.6 Å². The molecule has 5 aliphatic rings. The molecule has 10 nitrogen and oxygen atoms in total. The van der Waals surface area contributed by atoms with Gasteiger partial charge >= 0.3 is 0 Å². The van der Waals surface area contributed by atoms with Gasteiger partial charge in [-0.2, -0.15) is 0 Å². The zero-order chi connectivity index (χ0) is 40.6. The van der Waals surface area contributed by atoms with Gasteiger partial charge in [0.1, 0.15) is 11.5 Å². The minimum Gasteiger partial charge on any atom is -0.493 e. The molecule has 5 heterocycles. The molecular formula is C49H56N4O6. The number of ether oxygens (including phenoxy) is 5. The van der Waals surface area contributed by atoms with Crippen LogP contribution in [0, 0.1) is 0 Å². The highest BCUT2D eigenvalue weighted by molar-refractivity contribution is 5.67. The highest BCUT2D eigenvalue weighted by atomic mass is 16.5. The minimum atomic E-state index is -0.142. The van der Waals surface area contributed by atoms with Crippen LogP contribution in [0.1, 0.15) is 56.6 Å². The maximum atomic E-state index is 10.9. The number of hydrogen-bond acceptors (Lipinski definition) is 10. The standard InChI is InChI=1S/C49H56N4O6/c1-50-19-17-34-28-35(31-54)44-29-39(34)41(50)25-32-11-14-37(15-12-32)58-45-27-33(13-16-43(45)55-3)26-42-46-38(18-20-51(42)2)40(47(56-4)49(57-5)48(46)59-44)30-52-21-23-53(24-22-52)36-9-7-6-8-10-36/h6-16,27-29,41-42,54H,17-26,30-31H2,1-5H3/t41-,42-/m0/s1. The van der Waals surface area contributed by atoms with Gasteiger partial charge in [-0.05, 0) is 116 Å². The Morgan fingerprint density at radius 1 is 0.678 bits per heavy atom. The summed E-state index contributed by atoms with van der Waals surface area (Å²) < 4.78 is 32.5. The molecule has 0 spiro atoms. The molecule has 0 saturated carbocycles. The Balaban J connectivity index is 1.21. The lowest BCUT2D eigenvalue weighted by Gasteiger charge is -2.40. The highest BCUT2D eigenvalue weighted by Crippen LogP contribution is 2.53. The zero-order valence-corrected chi connectivity index (χ0v) is 35.0. The van der Waals surface area contributed by atoms with Crippen molar-refractivity contribution in [3.8, 4) is 40.2 Å². The molecule has 59 heavy (non-hydrogen) atoms. The maximum Gasteiger partial charge on any atom is 0.204 e. The average Bonchev–Trinajstić information content (AvgIpc) is 3.26. The van der Waals surface area contributed by atoms with E-state index in [9.17, 15) is 5.11 Å². The van der Waals surface area contributed by atoms with Crippen LogP contribution in [-0.2, 0) is 38.8 Å². The van der Waals surface area contributed by atoms with Gasteiger partial charge in [-0.25, -0.2) is 0 Å². The molecule has 6 bridgehead atoms. The van der Waals surface area contributed by atoms with Gasteiger partial charge < -0.3 is 33.7 Å². The number of piperazine rings is 1. The van der Waals surface area contributed by atoms with Gasteiger partial charge in [0.05, 0.1) is 27.9 Å². The Hall–Kier alpha value is -5.26. The van der Waals surface area contributed by atoms with Crippen LogP contribution in [0.4, 0.5) is 5.69 Å². The first kappa shape index (κ1) is 39.2. The second-order valence-corrected chi connectivity index (χ2v) is 16.4. The number of benzene rings is 5. The summed E-state index contributed by atoms with van der Waals surface area (Å²) in [5.74, 6) is 4.69. The molecule has 1 saturated heterocycles. The second-order valence-electron chi connectivity index (χ2n) is 16.4. The summed E-state index contributed by atoms with van der Waals surface area (Å²) in [4.78, 5) is 9.86. The van der Waals surface area contributed by atoms with Gasteiger partial charge in [-0.15, -0.1) is 0 Å².